The van der Waals surface area contributed by atoms with Crippen molar-refractivity contribution < 1.29 is 23.7 Å². The average molecular weight is 426 g/mol. The lowest BCUT2D eigenvalue weighted by Crippen LogP contribution is -2.18. The van der Waals surface area contributed by atoms with Crippen molar-refractivity contribution in [2.45, 2.75) is 18.8 Å². The molecular formula is C23H26N2O6. The fraction of sp³-hybridized carbons (Fsp3) is 0.304. The Morgan fingerprint density at radius 3 is 2.13 bits per heavy atom. The van der Waals surface area contributed by atoms with Crippen LogP contribution in [0.3, 0.4) is 0 Å². The number of benzene rings is 2. The molecule has 0 fully saturated rings. The molecule has 0 aliphatic heterocycles. The monoisotopic (exact) mass is 426 g/mol. The molecule has 1 heterocycles. The summed E-state index contributed by atoms with van der Waals surface area (Å²) in [6.07, 6.45) is 0.467. The molecule has 1 unspecified atom stereocenters. The molecule has 0 amide bonds. The summed E-state index contributed by atoms with van der Waals surface area (Å²) in [5.41, 5.74) is 2.55. The second-order valence-corrected chi connectivity index (χ2v) is 6.93. The fourth-order valence-electron chi connectivity index (χ4n) is 3.65. The van der Waals surface area contributed by atoms with Crippen molar-refractivity contribution in [3.05, 3.63) is 75.2 Å². The van der Waals surface area contributed by atoms with E-state index in [1.165, 1.54) is 28.4 Å². The van der Waals surface area contributed by atoms with E-state index in [-0.39, 0.29) is 12.0 Å². The Kier molecular flexibility index (Phi) is 7.02. The highest BCUT2D eigenvalue weighted by atomic mass is 16.5. The van der Waals surface area contributed by atoms with Crippen molar-refractivity contribution in [3.63, 3.8) is 0 Å². The number of ether oxygens (including phenoxy) is 4. The Labute approximate surface area is 180 Å². The average Bonchev–Trinajstić information content (AvgIpc) is 3.16. The third-order valence-corrected chi connectivity index (χ3v) is 5.16. The predicted molar refractivity (Wildman–Crippen MR) is 115 cm³/mol. The highest BCUT2D eigenvalue weighted by Crippen LogP contribution is 2.42. The van der Waals surface area contributed by atoms with Crippen LogP contribution in [0, 0.1) is 0 Å². The number of esters is 1. The van der Waals surface area contributed by atoms with Crippen molar-refractivity contribution in [2.75, 3.05) is 28.4 Å². The molecule has 0 radical (unpaired) electrons. The second kappa shape index (κ2) is 9.88. The summed E-state index contributed by atoms with van der Waals surface area (Å²) in [7, 11) is 5.86. The van der Waals surface area contributed by atoms with Gasteiger partial charge in [-0.2, -0.15) is 0 Å². The number of aromatic amines is 2. The number of hydrogen-bond acceptors (Lipinski definition) is 6. The lowest BCUT2D eigenvalue weighted by Gasteiger charge is -2.20. The first kappa shape index (κ1) is 22.0. The molecule has 8 nitrogen and oxygen atoms in total. The number of carbonyl (C=O) groups is 1. The van der Waals surface area contributed by atoms with Crippen LogP contribution in [0.1, 0.15) is 34.7 Å². The predicted octanol–water partition coefficient (Wildman–Crippen LogP) is 3.01. The molecule has 164 valence electrons. The lowest BCUT2D eigenvalue weighted by atomic mass is 9.87. The minimum Gasteiger partial charge on any atom is -0.493 e. The van der Waals surface area contributed by atoms with Crippen LogP contribution in [0.5, 0.6) is 17.2 Å². The largest absolute Gasteiger partial charge is 0.493 e. The van der Waals surface area contributed by atoms with Crippen molar-refractivity contribution >= 4 is 5.97 Å². The van der Waals surface area contributed by atoms with Crippen LogP contribution in [0.4, 0.5) is 0 Å². The third kappa shape index (κ3) is 4.74. The van der Waals surface area contributed by atoms with Crippen LogP contribution in [-0.2, 0) is 16.0 Å². The van der Waals surface area contributed by atoms with Gasteiger partial charge in [-0.15, -0.1) is 0 Å². The summed E-state index contributed by atoms with van der Waals surface area (Å²) in [6, 6.07) is 13.2. The van der Waals surface area contributed by atoms with Gasteiger partial charge in [0.25, 0.3) is 5.56 Å². The third-order valence-electron chi connectivity index (χ3n) is 5.16. The van der Waals surface area contributed by atoms with E-state index >= 15 is 0 Å². The summed E-state index contributed by atoms with van der Waals surface area (Å²) in [4.78, 5) is 25.1. The molecule has 8 heteroatoms. The number of carbonyl (C=O) groups excluding carboxylic acids is 1. The van der Waals surface area contributed by atoms with Crippen LogP contribution >= 0.6 is 0 Å². The van der Waals surface area contributed by atoms with Crippen molar-refractivity contribution in [3.8, 4) is 17.2 Å². The van der Waals surface area contributed by atoms with E-state index in [4.69, 9.17) is 18.9 Å². The van der Waals surface area contributed by atoms with Crippen molar-refractivity contribution in [1.82, 2.24) is 10.2 Å². The van der Waals surface area contributed by atoms with Gasteiger partial charge >= 0.3 is 5.97 Å². The van der Waals surface area contributed by atoms with Gasteiger partial charge in [-0.1, -0.05) is 30.3 Å². The van der Waals surface area contributed by atoms with E-state index in [0.29, 0.717) is 40.5 Å². The first-order chi connectivity index (χ1) is 15.0. The number of hydrogen-bond donors (Lipinski definition) is 2. The quantitative estimate of drug-likeness (QED) is 0.510. The summed E-state index contributed by atoms with van der Waals surface area (Å²) in [5.74, 6) is 0.268. The van der Waals surface area contributed by atoms with Gasteiger partial charge in [-0.3, -0.25) is 14.7 Å². The summed E-state index contributed by atoms with van der Waals surface area (Å²) >= 11 is 0. The second-order valence-electron chi connectivity index (χ2n) is 6.93. The molecule has 2 aromatic carbocycles. The van der Waals surface area contributed by atoms with Crippen molar-refractivity contribution in [1.29, 1.82) is 0 Å². The highest BCUT2D eigenvalue weighted by molar-refractivity contribution is 5.72. The molecule has 1 aromatic heterocycles. The maximum absolute atomic E-state index is 12.8. The first-order valence-electron chi connectivity index (χ1n) is 9.72. The van der Waals surface area contributed by atoms with Gasteiger partial charge in [-0.25, -0.2) is 0 Å². The number of aromatic nitrogens is 2. The summed E-state index contributed by atoms with van der Waals surface area (Å²) in [5, 5.41) is 5.63. The summed E-state index contributed by atoms with van der Waals surface area (Å²) < 4.78 is 21.2. The van der Waals surface area contributed by atoms with E-state index in [1.54, 1.807) is 12.1 Å². The van der Waals surface area contributed by atoms with Crippen LogP contribution in [0.15, 0.2) is 47.3 Å². The van der Waals surface area contributed by atoms with Gasteiger partial charge in [0.05, 0.1) is 34.9 Å². The van der Waals surface area contributed by atoms with Crippen LogP contribution in [-0.4, -0.2) is 44.6 Å². The molecule has 0 saturated carbocycles. The zero-order chi connectivity index (χ0) is 22.4. The lowest BCUT2D eigenvalue weighted by molar-refractivity contribution is -0.140. The van der Waals surface area contributed by atoms with Gasteiger partial charge in [-0.05, 0) is 23.3 Å². The van der Waals surface area contributed by atoms with Gasteiger partial charge in [0, 0.05) is 23.6 Å². The molecule has 0 saturated heterocycles. The standard InChI is InChI=1S/C23H26N2O6/c1-28-18-11-15(12-19(29-2)22(18)31-4)16(13-20(26)30-3)21-17(24-25-23(21)27)10-14-8-6-5-7-9-14/h5-9,11-12,16H,10,13H2,1-4H3,(H2,24,25,27). The highest BCUT2D eigenvalue weighted by Gasteiger charge is 2.28. The number of nitrogens with one attached hydrogen (secondary N) is 2. The van der Waals surface area contributed by atoms with Gasteiger partial charge < -0.3 is 24.0 Å². The topological polar surface area (TPSA) is 103 Å². The number of rotatable bonds is 9. The van der Waals surface area contributed by atoms with E-state index in [1.807, 2.05) is 30.3 Å². The molecule has 0 spiro atoms. The number of methoxy groups -OCH3 is 4. The van der Waals surface area contributed by atoms with Gasteiger partial charge in [0.1, 0.15) is 0 Å². The van der Waals surface area contributed by atoms with Gasteiger partial charge in [0.2, 0.25) is 5.75 Å². The molecule has 0 aliphatic rings. The smallest absolute Gasteiger partial charge is 0.306 e. The van der Waals surface area contributed by atoms with Crippen molar-refractivity contribution in [2.24, 2.45) is 0 Å². The van der Waals surface area contributed by atoms with E-state index in [2.05, 4.69) is 10.2 Å². The maximum Gasteiger partial charge on any atom is 0.306 e. The first-order valence-corrected chi connectivity index (χ1v) is 9.72. The molecule has 3 aromatic rings. The fourth-order valence-corrected chi connectivity index (χ4v) is 3.65. The Bertz CT molecular complexity index is 1060. The summed E-state index contributed by atoms with van der Waals surface area (Å²) in [6.45, 7) is 0. The molecule has 1 atom stereocenters. The van der Waals surface area contributed by atoms with E-state index in [9.17, 15) is 9.59 Å². The van der Waals surface area contributed by atoms with Crippen LogP contribution in [0.25, 0.3) is 0 Å². The Morgan fingerprint density at radius 1 is 0.935 bits per heavy atom. The number of H-pyrrole nitrogens is 2. The van der Waals surface area contributed by atoms with Crippen LogP contribution in [0.2, 0.25) is 0 Å². The minimum absolute atomic E-state index is 0.0299. The Hall–Kier alpha value is -3.68. The van der Waals surface area contributed by atoms with Gasteiger partial charge in [0.15, 0.2) is 11.5 Å². The molecule has 0 aliphatic carbocycles. The molecule has 31 heavy (non-hydrogen) atoms. The SMILES string of the molecule is COC(=O)CC(c1cc(OC)c(OC)c(OC)c1)c1c(Cc2ccccc2)[nH][nH]c1=O. The molecule has 3 rings (SSSR count). The normalized spacial score (nSPS) is 11.6. The Balaban J connectivity index is 2.15. The Morgan fingerprint density at radius 2 is 1.58 bits per heavy atom. The molecule has 2 N–H and O–H groups in total. The molecular weight excluding hydrogens is 400 g/mol. The zero-order valence-corrected chi connectivity index (χ0v) is 18.0. The zero-order valence-electron chi connectivity index (χ0n) is 18.0. The molecule has 0 bridgehead atoms. The van der Waals surface area contributed by atoms with Crippen LogP contribution < -0.4 is 19.8 Å². The van der Waals surface area contributed by atoms with E-state index < -0.39 is 11.9 Å². The van der Waals surface area contributed by atoms with E-state index in [0.717, 1.165) is 5.56 Å². The maximum atomic E-state index is 12.8. The minimum atomic E-state index is -0.588.